The molecule has 2 saturated heterocycles. The first-order chi connectivity index (χ1) is 8.70. The lowest BCUT2D eigenvalue weighted by atomic mass is 9.77. The fourth-order valence-corrected chi connectivity index (χ4v) is 3.82. The minimum Gasteiger partial charge on any atom is -0.299 e. The first-order valence-corrected chi connectivity index (χ1v) is 6.95. The summed E-state index contributed by atoms with van der Waals surface area (Å²) in [5.41, 5.74) is 1.27. The maximum atomic E-state index is 9.51. The van der Waals surface area contributed by atoms with Gasteiger partial charge in [0.2, 0.25) is 0 Å². The van der Waals surface area contributed by atoms with E-state index in [4.69, 9.17) is 11.6 Å². The van der Waals surface area contributed by atoms with Crippen LogP contribution < -0.4 is 0 Å². The summed E-state index contributed by atoms with van der Waals surface area (Å²) >= 11 is 5.94. The third kappa shape index (κ3) is 1.83. The average Bonchev–Trinajstić information content (AvgIpc) is 2.63. The molecule has 0 radical (unpaired) electrons. The van der Waals surface area contributed by atoms with Crippen molar-refractivity contribution in [3.05, 3.63) is 34.9 Å². The van der Waals surface area contributed by atoms with Gasteiger partial charge in [0, 0.05) is 23.0 Å². The number of nitrogens with zero attached hydrogens (tertiary/aromatic N) is 2. The fourth-order valence-electron chi connectivity index (χ4n) is 3.70. The molecule has 3 heteroatoms. The first-order valence-electron chi connectivity index (χ1n) is 6.57. The second-order valence-electron chi connectivity index (χ2n) is 5.51. The van der Waals surface area contributed by atoms with Gasteiger partial charge in [-0.3, -0.25) is 4.90 Å². The van der Waals surface area contributed by atoms with Crippen molar-refractivity contribution in [2.45, 2.75) is 37.3 Å². The summed E-state index contributed by atoms with van der Waals surface area (Å²) in [4.78, 5) is 2.42. The maximum absolute atomic E-state index is 9.51. The number of halogens is 1. The van der Waals surface area contributed by atoms with Crippen LogP contribution in [0.5, 0.6) is 0 Å². The van der Waals surface area contributed by atoms with Crippen LogP contribution in [0.15, 0.2) is 24.3 Å². The van der Waals surface area contributed by atoms with Crippen LogP contribution in [0, 0.1) is 17.2 Å². The summed E-state index contributed by atoms with van der Waals surface area (Å²) in [5.74, 6) is 0.496. The fraction of sp³-hybridized carbons (Fsp3) is 0.533. The smallest absolute Gasteiger partial charge is 0.0687 e. The zero-order chi connectivity index (χ0) is 12.7. The molecular weight excluding hydrogens is 244 g/mol. The van der Waals surface area contributed by atoms with Crippen LogP contribution >= 0.6 is 11.6 Å². The number of benzene rings is 1. The normalized spacial score (nSPS) is 35.4. The van der Waals surface area contributed by atoms with Gasteiger partial charge in [0.15, 0.2) is 0 Å². The molecule has 2 fully saturated rings. The van der Waals surface area contributed by atoms with Gasteiger partial charge in [-0.1, -0.05) is 23.7 Å². The van der Waals surface area contributed by atoms with E-state index < -0.39 is 0 Å². The largest absolute Gasteiger partial charge is 0.299 e. The molecule has 2 bridgehead atoms. The molecule has 18 heavy (non-hydrogen) atoms. The Balaban J connectivity index is 1.93. The van der Waals surface area contributed by atoms with Crippen LogP contribution in [0.25, 0.3) is 0 Å². The van der Waals surface area contributed by atoms with Crippen molar-refractivity contribution in [3.8, 4) is 6.07 Å². The van der Waals surface area contributed by atoms with Crippen LogP contribution in [-0.4, -0.2) is 24.0 Å². The highest BCUT2D eigenvalue weighted by molar-refractivity contribution is 6.30. The third-order valence-corrected chi connectivity index (χ3v) is 4.97. The van der Waals surface area contributed by atoms with Gasteiger partial charge < -0.3 is 0 Å². The molecule has 1 aromatic rings. The second kappa shape index (κ2) is 4.57. The van der Waals surface area contributed by atoms with Gasteiger partial charge in [0.1, 0.15) is 0 Å². The van der Waals surface area contributed by atoms with Crippen molar-refractivity contribution in [3.63, 3.8) is 0 Å². The van der Waals surface area contributed by atoms with E-state index in [9.17, 15) is 5.26 Å². The van der Waals surface area contributed by atoms with Crippen molar-refractivity contribution >= 4 is 11.6 Å². The predicted octanol–water partition coefficient (Wildman–Crippen LogP) is 3.43. The molecule has 0 spiro atoms. The Hall–Kier alpha value is -1.04. The van der Waals surface area contributed by atoms with Gasteiger partial charge in [0.05, 0.1) is 12.0 Å². The molecule has 2 aliphatic heterocycles. The van der Waals surface area contributed by atoms with E-state index in [1.165, 1.54) is 18.4 Å². The van der Waals surface area contributed by atoms with E-state index in [1.807, 2.05) is 12.1 Å². The summed E-state index contributed by atoms with van der Waals surface area (Å²) in [6.07, 6.45) is 3.51. The summed E-state index contributed by atoms with van der Waals surface area (Å²) in [6.45, 7) is 0. The minimum absolute atomic E-state index is 0.120. The number of rotatable bonds is 1. The number of hydrogen-bond acceptors (Lipinski definition) is 2. The highest BCUT2D eigenvalue weighted by Crippen LogP contribution is 2.45. The quantitative estimate of drug-likeness (QED) is 0.774. The molecule has 4 atom stereocenters. The molecule has 1 aromatic carbocycles. The van der Waals surface area contributed by atoms with Crippen molar-refractivity contribution in [1.82, 2.24) is 4.90 Å². The van der Waals surface area contributed by atoms with Crippen LogP contribution in [0.4, 0.5) is 0 Å². The third-order valence-electron chi connectivity index (χ3n) is 4.72. The molecule has 0 aliphatic carbocycles. The molecule has 3 unspecified atom stereocenters. The van der Waals surface area contributed by atoms with E-state index in [2.05, 4.69) is 30.1 Å². The van der Waals surface area contributed by atoms with Crippen molar-refractivity contribution in [1.29, 1.82) is 5.26 Å². The van der Waals surface area contributed by atoms with Crippen molar-refractivity contribution in [2.24, 2.45) is 5.92 Å². The average molecular weight is 261 g/mol. The molecule has 3 rings (SSSR count). The summed E-state index contributed by atoms with van der Waals surface area (Å²) < 4.78 is 0. The summed E-state index contributed by atoms with van der Waals surface area (Å²) in [5, 5.41) is 10.3. The van der Waals surface area contributed by atoms with E-state index >= 15 is 0 Å². The van der Waals surface area contributed by atoms with Crippen molar-refractivity contribution < 1.29 is 0 Å². The zero-order valence-electron chi connectivity index (χ0n) is 10.5. The highest BCUT2D eigenvalue weighted by atomic mass is 35.5. The molecule has 0 N–H and O–H groups in total. The molecule has 2 nitrogen and oxygen atoms in total. The Morgan fingerprint density at radius 2 is 2.00 bits per heavy atom. The van der Waals surface area contributed by atoms with Gasteiger partial charge in [0.25, 0.3) is 0 Å². The van der Waals surface area contributed by atoms with E-state index in [0.29, 0.717) is 18.0 Å². The number of fused-ring (bicyclic) bond motifs is 2. The molecule has 94 valence electrons. The molecule has 0 saturated carbocycles. The van der Waals surface area contributed by atoms with Gasteiger partial charge in [-0.25, -0.2) is 0 Å². The predicted molar refractivity (Wildman–Crippen MR) is 72.5 cm³/mol. The maximum Gasteiger partial charge on any atom is 0.0687 e. The minimum atomic E-state index is 0.120. The standard InChI is InChI=1S/C15H17ClN2/c1-18-12-6-7-15(18)14(9-17)13(8-12)10-2-4-11(16)5-3-10/h2-5,12-15H,6-8H2,1H3/t12?,13?,14-,15?/m0/s1. The zero-order valence-corrected chi connectivity index (χ0v) is 11.3. The highest BCUT2D eigenvalue weighted by Gasteiger charge is 2.45. The Bertz CT molecular complexity index is 476. The SMILES string of the molecule is CN1C2CCC1[C@@H](C#N)C(c1ccc(Cl)cc1)C2. The number of piperidine rings is 1. The molecule has 2 heterocycles. The Morgan fingerprint density at radius 3 is 2.67 bits per heavy atom. The summed E-state index contributed by atoms with van der Waals surface area (Å²) in [6, 6.07) is 11.7. The van der Waals surface area contributed by atoms with Gasteiger partial charge in [-0.2, -0.15) is 5.26 Å². The van der Waals surface area contributed by atoms with Crippen LogP contribution in [-0.2, 0) is 0 Å². The topological polar surface area (TPSA) is 27.0 Å². The Morgan fingerprint density at radius 1 is 1.28 bits per heavy atom. The monoisotopic (exact) mass is 260 g/mol. The number of hydrogen-bond donors (Lipinski definition) is 0. The Labute approximate surface area is 113 Å². The second-order valence-corrected chi connectivity index (χ2v) is 5.95. The van der Waals surface area contributed by atoms with Gasteiger partial charge in [-0.15, -0.1) is 0 Å². The van der Waals surface area contributed by atoms with Crippen LogP contribution in [0.1, 0.15) is 30.7 Å². The van der Waals surface area contributed by atoms with Crippen LogP contribution in [0.2, 0.25) is 5.02 Å². The Kier molecular flexibility index (Phi) is 3.05. The molecule has 2 aliphatic rings. The first kappa shape index (κ1) is 12.0. The van der Waals surface area contributed by atoms with E-state index in [-0.39, 0.29) is 5.92 Å². The summed E-state index contributed by atoms with van der Waals surface area (Å²) in [7, 11) is 2.17. The molecule has 0 amide bonds. The lowest BCUT2D eigenvalue weighted by Crippen LogP contribution is -2.45. The van der Waals surface area contributed by atoms with Crippen LogP contribution in [0.3, 0.4) is 0 Å². The van der Waals surface area contributed by atoms with Gasteiger partial charge >= 0.3 is 0 Å². The molecular formula is C15H17ClN2. The lowest BCUT2D eigenvalue weighted by Gasteiger charge is -2.40. The lowest BCUT2D eigenvalue weighted by molar-refractivity contribution is 0.127. The van der Waals surface area contributed by atoms with E-state index in [0.717, 1.165) is 11.4 Å². The van der Waals surface area contributed by atoms with Gasteiger partial charge in [-0.05, 0) is 44.0 Å². The van der Waals surface area contributed by atoms with Crippen molar-refractivity contribution in [2.75, 3.05) is 7.05 Å². The molecule has 0 aromatic heterocycles. The van der Waals surface area contributed by atoms with E-state index in [1.54, 1.807) is 0 Å². The number of nitriles is 1.